The van der Waals surface area contributed by atoms with Gasteiger partial charge in [-0.1, -0.05) is 17.7 Å². The molecule has 138 valence electrons. The van der Waals surface area contributed by atoms with E-state index in [4.69, 9.17) is 0 Å². The molecule has 0 aliphatic carbocycles. The zero-order valence-corrected chi connectivity index (χ0v) is 14.8. The van der Waals surface area contributed by atoms with Gasteiger partial charge in [-0.05, 0) is 26.0 Å². The first-order valence-corrected chi connectivity index (χ1v) is 8.02. The van der Waals surface area contributed by atoms with Crippen LogP contribution in [0.5, 0.6) is 0 Å². The molecule has 1 aromatic rings. The molecule has 1 saturated heterocycles. The van der Waals surface area contributed by atoms with Crippen LogP contribution in [-0.4, -0.2) is 71.0 Å². The number of nitrogens with one attached hydrogen (secondary N) is 1. The van der Waals surface area contributed by atoms with E-state index in [9.17, 15) is 24.0 Å². The maximum Gasteiger partial charge on any atom is 0.334 e. The van der Waals surface area contributed by atoms with E-state index in [1.165, 1.54) is 7.05 Å². The monoisotopic (exact) mass is 360 g/mol. The number of aryl methyl sites for hydroxylation is 1. The van der Waals surface area contributed by atoms with Gasteiger partial charge in [0.05, 0.1) is 6.54 Å². The Morgan fingerprint density at radius 2 is 1.62 bits per heavy atom. The number of carbonyl (C=O) groups is 5. The van der Waals surface area contributed by atoms with Crippen LogP contribution in [0.4, 0.5) is 10.5 Å². The minimum atomic E-state index is -1.04. The molecule has 0 atom stereocenters. The van der Waals surface area contributed by atoms with Crippen molar-refractivity contribution in [3.8, 4) is 0 Å². The first-order chi connectivity index (χ1) is 12.2. The number of benzene rings is 1. The van der Waals surface area contributed by atoms with Gasteiger partial charge in [0.2, 0.25) is 11.8 Å². The Hall–Kier alpha value is -3.23. The fraction of sp³-hybridized carbons (Fsp3) is 0.353. The van der Waals surface area contributed by atoms with E-state index in [-0.39, 0.29) is 13.1 Å². The van der Waals surface area contributed by atoms with E-state index in [2.05, 4.69) is 5.32 Å². The molecule has 0 unspecified atom stereocenters. The number of imide groups is 2. The number of hydrogen-bond donors (Lipinski definition) is 1. The van der Waals surface area contributed by atoms with Gasteiger partial charge in [-0.2, -0.15) is 0 Å². The molecule has 0 spiro atoms. The lowest BCUT2D eigenvalue weighted by molar-refractivity contribution is -0.144. The lowest BCUT2D eigenvalue weighted by Gasteiger charge is -2.20. The van der Waals surface area contributed by atoms with Gasteiger partial charge in [-0.15, -0.1) is 0 Å². The Labute approximate surface area is 150 Å². The quantitative estimate of drug-likeness (QED) is 0.576. The highest BCUT2D eigenvalue weighted by molar-refractivity contribution is 6.45. The summed E-state index contributed by atoms with van der Waals surface area (Å²) in [6, 6.07) is 6.33. The number of nitrogens with zero attached hydrogens (tertiary/aromatic N) is 3. The summed E-state index contributed by atoms with van der Waals surface area (Å²) in [7, 11) is 1.38. The molecular formula is C17H20N4O5. The summed E-state index contributed by atoms with van der Waals surface area (Å²) in [6.45, 7) is 2.67. The maximum atomic E-state index is 12.2. The molecule has 1 heterocycles. The summed E-state index contributed by atoms with van der Waals surface area (Å²) >= 11 is 0. The first-order valence-electron chi connectivity index (χ1n) is 8.02. The minimum Gasteiger partial charge on any atom is -0.335 e. The van der Waals surface area contributed by atoms with Crippen LogP contribution < -0.4 is 5.32 Å². The molecular weight excluding hydrogens is 340 g/mol. The van der Waals surface area contributed by atoms with E-state index >= 15 is 0 Å². The fourth-order valence-electron chi connectivity index (χ4n) is 2.37. The van der Waals surface area contributed by atoms with Crippen molar-refractivity contribution in [2.24, 2.45) is 0 Å². The summed E-state index contributed by atoms with van der Waals surface area (Å²) in [5, 5.41) is 2.65. The smallest absolute Gasteiger partial charge is 0.334 e. The lowest BCUT2D eigenvalue weighted by Crippen LogP contribution is -2.44. The second-order valence-corrected chi connectivity index (χ2v) is 5.89. The van der Waals surface area contributed by atoms with Gasteiger partial charge in [0.15, 0.2) is 0 Å². The molecule has 0 bridgehead atoms. The van der Waals surface area contributed by atoms with Crippen molar-refractivity contribution in [1.82, 2.24) is 14.7 Å². The molecule has 1 N–H and O–H groups in total. The van der Waals surface area contributed by atoms with Crippen LogP contribution in [0, 0.1) is 6.92 Å². The highest BCUT2D eigenvalue weighted by Crippen LogP contribution is 2.12. The van der Waals surface area contributed by atoms with Gasteiger partial charge in [0.25, 0.3) is 0 Å². The van der Waals surface area contributed by atoms with Crippen molar-refractivity contribution in [2.75, 3.05) is 32.0 Å². The number of anilines is 1. The molecule has 1 aliphatic heterocycles. The number of hydrogen-bond acceptors (Lipinski definition) is 5. The van der Waals surface area contributed by atoms with Crippen LogP contribution in [0.2, 0.25) is 0 Å². The van der Waals surface area contributed by atoms with Crippen molar-refractivity contribution in [2.45, 2.75) is 13.8 Å². The molecule has 1 aliphatic rings. The van der Waals surface area contributed by atoms with E-state index in [0.717, 1.165) is 15.4 Å². The summed E-state index contributed by atoms with van der Waals surface area (Å²) < 4.78 is 0. The van der Waals surface area contributed by atoms with Gasteiger partial charge in [-0.25, -0.2) is 9.69 Å². The van der Waals surface area contributed by atoms with E-state index in [1.54, 1.807) is 19.1 Å². The average Bonchev–Trinajstić information content (AvgIpc) is 2.79. The Kier molecular flexibility index (Phi) is 5.71. The Morgan fingerprint density at radius 3 is 2.15 bits per heavy atom. The Bertz CT molecular complexity index is 759. The molecule has 9 nitrogen and oxygen atoms in total. The van der Waals surface area contributed by atoms with Crippen LogP contribution in [-0.2, 0) is 19.2 Å². The van der Waals surface area contributed by atoms with E-state index in [1.807, 2.05) is 19.1 Å². The normalized spacial score (nSPS) is 14.0. The zero-order valence-electron chi connectivity index (χ0n) is 14.8. The number of amides is 6. The van der Waals surface area contributed by atoms with Gasteiger partial charge in [0, 0.05) is 19.3 Å². The predicted molar refractivity (Wildman–Crippen MR) is 91.9 cm³/mol. The van der Waals surface area contributed by atoms with Gasteiger partial charge in [0.1, 0.15) is 6.54 Å². The zero-order chi connectivity index (χ0) is 19.4. The Morgan fingerprint density at radius 1 is 1.04 bits per heavy atom. The first kappa shape index (κ1) is 19.1. The molecule has 6 amide bonds. The standard InChI is InChI=1S/C17H20N4O5/c1-4-20-15(24)16(25)21(17(20)26)10-14(23)19(3)9-13(22)18-12-7-5-11(2)6-8-12/h5-8H,4,9-10H2,1-3H3,(H,18,22). The molecule has 0 radical (unpaired) electrons. The molecule has 26 heavy (non-hydrogen) atoms. The average molecular weight is 360 g/mol. The molecule has 9 heteroatoms. The molecule has 2 rings (SSSR count). The van der Waals surface area contributed by atoms with Crippen molar-refractivity contribution in [3.05, 3.63) is 29.8 Å². The van der Waals surface area contributed by atoms with Gasteiger partial charge in [-0.3, -0.25) is 24.1 Å². The largest absolute Gasteiger partial charge is 0.335 e. The third-order valence-corrected chi connectivity index (χ3v) is 3.89. The maximum absolute atomic E-state index is 12.2. The molecule has 0 saturated carbocycles. The van der Waals surface area contributed by atoms with Crippen molar-refractivity contribution < 1.29 is 24.0 Å². The summed E-state index contributed by atoms with van der Waals surface area (Å²) in [4.78, 5) is 62.0. The number of rotatable bonds is 6. The van der Waals surface area contributed by atoms with Crippen LogP contribution >= 0.6 is 0 Å². The predicted octanol–water partition coefficient (Wildman–Crippen LogP) is 0.203. The number of likely N-dealkylation sites (N-methyl/N-ethyl adjacent to an activating group) is 2. The third kappa shape index (κ3) is 4.05. The van der Waals surface area contributed by atoms with Crippen molar-refractivity contribution in [1.29, 1.82) is 0 Å². The minimum absolute atomic E-state index is 0.0445. The third-order valence-electron chi connectivity index (χ3n) is 3.89. The van der Waals surface area contributed by atoms with E-state index in [0.29, 0.717) is 10.6 Å². The molecule has 0 aromatic heterocycles. The Balaban J connectivity index is 1.92. The van der Waals surface area contributed by atoms with Crippen LogP contribution in [0.3, 0.4) is 0 Å². The van der Waals surface area contributed by atoms with Gasteiger partial charge < -0.3 is 10.2 Å². The highest BCUT2D eigenvalue weighted by Gasteiger charge is 2.44. The number of urea groups is 1. The molecule has 1 fully saturated rings. The topological polar surface area (TPSA) is 107 Å². The highest BCUT2D eigenvalue weighted by atomic mass is 16.2. The number of carbonyl (C=O) groups excluding carboxylic acids is 5. The van der Waals surface area contributed by atoms with Gasteiger partial charge >= 0.3 is 17.8 Å². The van der Waals surface area contributed by atoms with Crippen molar-refractivity contribution >= 4 is 35.3 Å². The summed E-state index contributed by atoms with van der Waals surface area (Å²) in [5.74, 6) is -3.04. The second kappa shape index (κ2) is 7.77. The van der Waals surface area contributed by atoms with E-state index < -0.39 is 36.2 Å². The fourth-order valence-corrected chi connectivity index (χ4v) is 2.37. The van der Waals surface area contributed by atoms with Crippen LogP contribution in [0.1, 0.15) is 12.5 Å². The summed E-state index contributed by atoms with van der Waals surface area (Å²) in [6.07, 6.45) is 0. The second-order valence-electron chi connectivity index (χ2n) is 5.89. The van der Waals surface area contributed by atoms with Crippen LogP contribution in [0.15, 0.2) is 24.3 Å². The lowest BCUT2D eigenvalue weighted by atomic mass is 10.2. The molecule has 1 aromatic carbocycles. The van der Waals surface area contributed by atoms with Crippen molar-refractivity contribution in [3.63, 3.8) is 0 Å². The SMILES string of the molecule is CCN1C(=O)C(=O)N(CC(=O)N(C)CC(=O)Nc2ccc(C)cc2)C1=O. The van der Waals surface area contributed by atoms with Crippen LogP contribution in [0.25, 0.3) is 0 Å². The summed E-state index contributed by atoms with van der Waals surface area (Å²) in [5.41, 5.74) is 1.64.